The van der Waals surface area contributed by atoms with Gasteiger partial charge in [-0.3, -0.25) is 9.79 Å². The van der Waals surface area contributed by atoms with Crippen LogP contribution in [0.25, 0.3) is 0 Å². The second-order valence-electron chi connectivity index (χ2n) is 4.79. The number of methoxy groups -OCH3 is 1. The largest absolute Gasteiger partial charge is 0.496 e. The summed E-state index contributed by atoms with van der Waals surface area (Å²) in [4.78, 5) is 16.2. The fraction of sp³-hybridized carbons (Fsp3) is 0.118. The molecule has 1 aliphatic rings. The van der Waals surface area contributed by atoms with Crippen molar-refractivity contribution in [3.05, 3.63) is 59.2 Å². The fourth-order valence-electron chi connectivity index (χ4n) is 2.44. The summed E-state index contributed by atoms with van der Waals surface area (Å²) in [5.74, 6) is 0.446. The lowest BCUT2D eigenvalue weighted by molar-refractivity contribution is -0.114. The summed E-state index contributed by atoms with van der Waals surface area (Å²) in [6.07, 6.45) is 0. The van der Waals surface area contributed by atoms with E-state index in [1.165, 1.54) is 0 Å². The van der Waals surface area contributed by atoms with Gasteiger partial charge in [0.1, 0.15) is 12.3 Å². The molecule has 0 saturated heterocycles. The van der Waals surface area contributed by atoms with Crippen molar-refractivity contribution in [2.45, 2.75) is 0 Å². The number of benzene rings is 2. The molecule has 108 valence electrons. The van der Waals surface area contributed by atoms with E-state index >= 15 is 0 Å². The maximum Gasteiger partial charge on any atom is 0.246 e. The highest BCUT2D eigenvalue weighted by molar-refractivity contribution is 6.20. The number of hydrogen-bond donors (Lipinski definition) is 1. The molecule has 3 rings (SSSR count). The first-order valence-corrected chi connectivity index (χ1v) is 6.75. The Labute approximate surface area is 127 Å². The van der Waals surface area contributed by atoms with E-state index in [1.807, 2.05) is 24.3 Å². The lowest BCUT2D eigenvalue weighted by atomic mass is 9.98. The molecule has 0 aromatic heterocycles. The third kappa shape index (κ3) is 2.42. The second kappa shape index (κ2) is 5.70. The van der Waals surface area contributed by atoms with E-state index in [0.29, 0.717) is 22.7 Å². The van der Waals surface area contributed by atoms with Gasteiger partial charge < -0.3 is 10.1 Å². The molecule has 2 aromatic carbocycles. The van der Waals surface area contributed by atoms with Gasteiger partial charge in [0.15, 0.2) is 0 Å². The number of nitrogens with zero attached hydrogens (tertiary/aromatic N) is 2. The number of ether oxygens (including phenoxy) is 1. The smallest absolute Gasteiger partial charge is 0.246 e. The molecule has 22 heavy (non-hydrogen) atoms. The molecular weight excluding hydrogens is 278 g/mol. The van der Waals surface area contributed by atoms with Crippen LogP contribution in [0.15, 0.2) is 47.5 Å². The Morgan fingerprint density at radius 2 is 2.09 bits per heavy atom. The predicted octanol–water partition coefficient (Wildman–Crippen LogP) is 2.36. The van der Waals surface area contributed by atoms with Crippen molar-refractivity contribution in [1.82, 2.24) is 0 Å². The van der Waals surface area contributed by atoms with Crippen molar-refractivity contribution in [3.8, 4) is 11.8 Å². The van der Waals surface area contributed by atoms with Crippen LogP contribution in [0.2, 0.25) is 0 Å². The molecule has 5 nitrogen and oxygen atoms in total. The van der Waals surface area contributed by atoms with E-state index in [2.05, 4.69) is 16.4 Å². The molecule has 0 saturated carbocycles. The number of nitriles is 1. The topological polar surface area (TPSA) is 74.5 Å². The van der Waals surface area contributed by atoms with E-state index in [-0.39, 0.29) is 12.5 Å². The number of hydrogen-bond acceptors (Lipinski definition) is 4. The number of fused-ring (bicyclic) bond motifs is 1. The molecule has 0 unspecified atom stereocenters. The van der Waals surface area contributed by atoms with Crippen LogP contribution in [0, 0.1) is 11.3 Å². The van der Waals surface area contributed by atoms with Crippen LogP contribution >= 0.6 is 0 Å². The first kappa shape index (κ1) is 13.8. The summed E-state index contributed by atoms with van der Waals surface area (Å²) in [5.41, 5.74) is 3.35. The zero-order valence-electron chi connectivity index (χ0n) is 12.0. The minimum atomic E-state index is -0.180. The number of nitrogens with one attached hydrogen (secondary N) is 1. The lowest BCUT2D eigenvalue weighted by Crippen LogP contribution is -2.13. The highest BCUT2D eigenvalue weighted by Gasteiger charge is 2.21. The van der Waals surface area contributed by atoms with E-state index in [4.69, 9.17) is 10.00 Å². The Hall–Kier alpha value is -3.13. The number of carbonyl (C=O) groups is 1. The maximum atomic E-state index is 11.8. The molecule has 0 radical (unpaired) electrons. The highest BCUT2D eigenvalue weighted by Crippen LogP contribution is 2.31. The monoisotopic (exact) mass is 291 g/mol. The lowest BCUT2D eigenvalue weighted by Gasteiger charge is -2.14. The van der Waals surface area contributed by atoms with E-state index in [9.17, 15) is 4.79 Å². The van der Waals surface area contributed by atoms with E-state index < -0.39 is 0 Å². The minimum absolute atomic E-state index is 0.0317. The fourth-order valence-corrected chi connectivity index (χ4v) is 2.44. The third-order valence-corrected chi connectivity index (χ3v) is 3.40. The Morgan fingerprint density at radius 1 is 1.27 bits per heavy atom. The molecule has 1 amide bonds. The molecular formula is C17H13N3O2. The summed E-state index contributed by atoms with van der Waals surface area (Å²) in [5, 5.41) is 11.9. The van der Waals surface area contributed by atoms with Crippen molar-refractivity contribution in [3.63, 3.8) is 0 Å². The van der Waals surface area contributed by atoms with Gasteiger partial charge in [0.2, 0.25) is 5.91 Å². The summed E-state index contributed by atoms with van der Waals surface area (Å²) in [6.45, 7) is 0.0317. The number of anilines is 1. The van der Waals surface area contributed by atoms with Gasteiger partial charge in [-0.25, -0.2) is 0 Å². The first-order valence-electron chi connectivity index (χ1n) is 6.75. The van der Waals surface area contributed by atoms with Gasteiger partial charge in [0, 0.05) is 5.56 Å². The van der Waals surface area contributed by atoms with Crippen molar-refractivity contribution in [2.24, 2.45) is 4.99 Å². The Balaban J connectivity index is 2.24. The van der Waals surface area contributed by atoms with Gasteiger partial charge in [0.05, 0.1) is 35.7 Å². The van der Waals surface area contributed by atoms with Gasteiger partial charge >= 0.3 is 0 Å². The normalized spacial score (nSPS) is 13.3. The van der Waals surface area contributed by atoms with Crippen LogP contribution in [0.3, 0.4) is 0 Å². The van der Waals surface area contributed by atoms with Crippen LogP contribution in [0.4, 0.5) is 5.69 Å². The molecule has 1 aliphatic heterocycles. The van der Waals surface area contributed by atoms with Crippen LogP contribution < -0.4 is 10.1 Å². The summed E-state index contributed by atoms with van der Waals surface area (Å²) >= 11 is 0. The number of benzodiazepines with no additional fused rings is 1. The summed E-state index contributed by atoms with van der Waals surface area (Å²) in [6, 6.07) is 14.7. The molecule has 5 heteroatoms. The Morgan fingerprint density at radius 3 is 2.86 bits per heavy atom. The van der Waals surface area contributed by atoms with Gasteiger partial charge in [0.25, 0.3) is 0 Å². The zero-order chi connectivity index (χ0) is 15.5. The maximum absolute atomic E-state index is 11.8. The van der Waals surface area contributed by atoms with Gasteiger partial charge in [-0.15, -0.1) is 0 Å². The van der Waals surface area contributed by atoms with Gasteiger partial charge in [-0.05, 0) is 24.3 Å². The molecule has 2 aromatic rings. The minimum Gasteiger partial charge on any atom is -0.496 e. The Kier molecular flexibility index (Phi) is 3.58. The quantitative estimate of drug-likeness (QED) is 0.923. The average molecular weight is 291 g/mol. The summed E-state index contributed by atoms with van der Waals surface area (Å²) < 4.78 is 5.41. The molecule has 0 bridgehead atoms. The first-order chi connectivity index (χ1) is 10.7. The zero-order valence-corrected chi connectivity index (χ0v) is 12.0. The number of aliphatic imine (C=N–C) groups is 1. The highest BCUT2D eigenvalue weighted by atomic mass is 16.5. The van der Waals surface area contributed by atoms with Crippen molar-refractivity contribution < 1.29 is 9.53 Å². The molecule has 0 aliphatic carbocycles. The number of amides is 1. The van der Waals surface area contributed by atoms with Crippen LogP contribution in [0.1, 0.15) is 16.7 Å². The van der Waals surface area contributed by atoms with Gasteiger partial charge in [-0.2, -0.15) is 5.26 Å². The molecule has 0 fully saturated rings. The molecule has 1 N–H and O–H groups in total. The molecule has 1 heterocycles. The van der Waals surface area contributed by atoms with Crippen LogP contribution in [0.5, 0.6) is 5.75 Å². The summed E-state index contributed by atoms with van der Waals surface area (Å²) in [7, 11) is 1.58. The Bertz CT molecular complexity index is 819. The van der Waals surface area contributed by atoms with Crippen molar-refractivity contribution >= 4 is 17.3 Å². The van der Waals surface area contributed by atoms with Crippen molar-refractivity contribution in [1.29, 1.82) is 5.26 Å². The average Bonchev–Trinajstić information content (AvgIpc) is 2.73. The van der Waals surface area contributed by atoms with Gasteiger partial charge in [-0.1, -0.05) is 18.2 Å². The molecule has 0 atom stereocenters. The standard InChI is InChI=1S/C17H13N3O2/c1-22-14-7-3-6-13-16(14)17(19-10-15(21)20-13)12-5-2-4-11(8-12)9-18/h2-8H,10H2,1H3,(H,20,21). The van der Waals surface area contributed by atoms with E-state index in [0.717, 1.165) is 11.1 Å². The SMILES string of the molecule is COc1cccc2c1C(c1cccc(C#N)c1)=NCC(=O)N2. The molecule has 0 spiro atoms. The van der Waals surface area contributed by atoms with Crippen LogP contribution in [-0.4, -0.2) is 25.3 Å². The van der Waals surface area contributed by atoms with Crippen LogP contribution in [-0.2, 0) is 4.79 Å². The predicted molar refractivity (Wildman–Crippen MR) is 83.3 cm³/mol. The second-order valence-corrected chi connectivity index (χ2v) is 4.79. The van der Waals surface area contributed by atoms with E-state index in [1.54, 1.807) is 25.3 Å². The third-order valence-electron chi connectivity index (χ3n) is 3.40. The van der Waals surface area contributed by atoms with Crippen molar-refractivity contribution in [2.75, 3.05) is 19.0 Å². The number of rotatable bonds is 2. The number of carbonyl (C=O) groups excluding carboxylic acids is 1.